The third-order valence-corrected chi connectivity index (χ3v) is 2.69. The molecule has 0 bridgehead atoms. The number of benzene rings is 2. The van der Waals surface area contributed by atoms with E-state index >= 15 is 0 Å². The summed E-state index contributed by atoms with van der Waals surface area (Å²) in [5.41, 5.74) is 7.25. The highest BCUT2D eigenvalue weighted by atomic mass is 19.1. The number of rotatable bonds is 4. The second kappa shape index (κ2) is 11.2. The maximum absolute atomic E-state index is 13.0. The molecule has 0 aliphatic heterocycles. The van der Waals surface area contributed by atoms with Gasteiger partial charge in [-0.15, -0.1) is 0 Å². The van der Waals surface area contributed by atoms with Gasteiger partial charge in [0.05, 0.1) is 5.56 Å². The van der Waals surface area contributed by atoms with Crippen LogP contribution in [0.2, 0.25) is 0 Å². The van der Waals surface area contributed by atoms with E-state index in [0.717, 1.165) is 5.56 Å². The van der Waals surface area contributed by atoms with Crippen LogP contribution in [0, 0.1) is 12.7 Å². The van der Waals surface area contributed by atoms with Gasteiger partial charge in [0.2, 0.25) is 0 Å². The lowest BCUT2D eigenvalue weighted by molar-refractivity contribution is 0.0996. The molecule has 0 fully saturated rings. The molecule has 0 aliphatic carbocycles. The van der Waals surface area contributed by atoms with Crippen LogP contribution in [0.25, 0.3) is 0 Å². The first kappa shape index (κ1) is 20.6. The Morgan fingerprint density at radius 2 is 1.74 bits per heavy atom. The normalized spacial score (nSPS) is 8.96. The number of ether oxygens (including phenoxy) is 1. The molecule has 1 amide bonds. The van der Waals surface area contributed by atoms with Gasteiger partial charge in [-0.3, -0.25) is 4.79 Å². The summed E-state index contributed by atoms with van der Waals surface area (Å²) < 4.78 is 18.6. The van der Waals surface area contributed by atoms with Crippen molar-refractivity contribution in [1.82, 2.24) is 0 Å². The lowest BCUT2D eigenvalue weighted by Crippen LogP contribution is -2.13. The molecule has 0 saturated heterocycles. The standard InChI is InChI=1S/C15H14FNO2.2C2H6/c1-10-5-6-13(15(17)18)14(7-10)19-9-11-3-2-4-12(16)8-11;2*1-2/h2-8H,9H2,1H3,(H2,17,18);2*1-2H3. The van der Waals surface area contributed by atoms with Gasteiger partial charge in [0.1, 0.15) is 18.2 Å². The molecule has 2 aromatic carbocycles. The molecule has 126 valence electrons. The highest BCUT2D eigenvalue weighted by molar-refractivity contribution is 5.95. The second-order valence-corrected chi connectivity index (χ2v) is 4.28. The van der Waals surface area contributed by atoms with Crippen molar-refractivity contribution in [3.05, 3.63) is 65.0 Å². The van der Waals surface area contributed by atoms with Crippen molar-refractivity contribution in [3.8, 4) is 5.75 Å². The Bertz CT molecular complexity index is 612. The Kier molecular flexibility index (Phi) is 10.1. The third-order valence-electron chi connectivity index (χ3n) is 2.69. The van der Waals surface area contributed by atoms with Gasteiger partial charge in [-0.1, -0.05) is 45.9 Å². The molecule has 4 heteroatoms. The van der Waals surface area contributed by atoms with E-state index in [1.807, 2.05) is 34.6 Å². The van der Waals surface area contributed by atoms with Gasteiger partial charge in [0.15, 0.2) is 0 Å². The van der Waals surface area contributed by atoms with Crippen LogP contribution in [0.3, 0.4) is 0 Å². The van der Waals surface area contributed by atoms with E-state index in [0.29, 0.717) is 16.9 Å². The number of nitrogens with two attached hydrogens (primary N) is 1. The summed E-state index contributed by atoms with van der Waals surface area (Å²) >= 11 is 0. The molecule has 23 heavy (non-hydrogen) atoms. The molecule has 2 aromatic rings. The molecule has 2 N–H and O–H groups in total. The number of halogens is 1. The highest BCUT2D eigenvalue weighted by Gasteiger charge is 2.09. The zero-order valence-corrected chi connectivity index (χ0v) is 14.5. The molecule has 0 radical (unpaired) electrons. The van der Waals surface area contributed by atoms with Crippen LogP contribution < -0.4 is 10.5 Å². The monoisotopic (exact) mass is 319 g/mol. The van der Waals surface area contributed by atoms with Crippen LogP contribution in [-0.4, -0.2) is 5.91 Å². The van der Waals surface area contributed by atoms with Gasteiger partial charge >= 0.3 is 0 Å². The fourth-order valence-electron chi connectivity index (χ4n) is 1.74. The van der Waals surface area contributed by atoms with Crippen molar-refractivity contribution in [2.45, 2.75) is 41.2 Å². The minimum atomic E-state index is -0.547. The molecule has 0 unspecified atom stereocenters. The molecular weight excluding hydrogens is 293 g/mol. The predicted molar refractivity (Wildman–Crippen MR) is 93.1 cm³/mol. The Morgan fingerprint density at radius 3 is 2.30 bits per heavy atom. The van der Waals surface area contributed by atoms with Crippen molar-refractivity contribution in [1.29, 1.82) is 0 Å². The minimum Gasteiger partial charge on any atom is -0.488 e. The smallest absolute Gasteiger partial charge is 0.252 e. The van der Waals surface area contributed by atoms with Gasteiger partial charge in [-0.2, -0.15) is 0 Å². The van der Waals surface area contributed by atoms with Gasteiger partial charge in [0.25, 0.3) is 5.91 Å². The number of hydrogen-bond donors (Lipinski definition) is 1. The molecule has 0 aromatic heterocycles. The zero-order chi connectivity index (χ0) is 17.8. The van der Waals surface area contributed by atoms with Gasteiger partial charge < -0.3 is 10.5 Å². The average molecular weight is 319 g/mol. The maximum Gasteiger partial charge on any atom is 0.252 e. The van der Waals surface area contributed by atoms with E-state index in [1.165, 1.54) is 12.1 Å². The number of primary amides is 1. The first-order chi connectivity index (χ1) is 11.1. The summed E-state index contributed by atoms with van der Waals surface area (Å²) in [6.07, 6.45) is 0. The van der Waals surface area contributed by atoms with Gasteiger partial charge in [-0.05, 0) is 42.3 Å². The van der Waals surface area contributed by atoms with E-state index < -0.39 is 5.91 Å². The van der Waals surface area contributed by atoms with Crippen LogP contribution in [0.4, 0.5) is 4.39 Å². The maximum atomic E-state index is 13.0. The summed E-state index contributed by atoms with van der Waals surface area (Å²) in [4.78, 5) is 11.3. The van der Waals surface area contributed by atoms with Crippen LogP contribution in [0.15, 0.2) is 42.5 Å². The quantitative estimate of drug-likeness (QED) is 0.874. The lowest BCUT2D eigenvalue weighted by atomic mass is 10.1. The van der Waals surface area contributed by atoms with E-state index in [4.69, 9.17) is 10.5 Å². The molecule has 0 saturated carbocycles. The lowest BCUT2D eigenvalue weighted by Gasteiger charge is -2.10. The predicted octanol–water partition coefficient (Wildman–Crippen LogP) is 4.86. The van der Waals surface area contributed by atoms with E-state index in [9.17, 15) is 9.18 Å². The van der Waals surface area contributed by atoms with Crippen molar-refractivity contribution in [2.75, 3.05) is 0 Å². The zero-order valence-electron chi connectivity index (χ0n) is 14.5. The summed E-state index contributed by atoms with van der Waals surface area (Å²) in [7, 11) is 0. The first-order valence-corrected chi connectivity index (χ1v) is 7.84. The van der Waals surface area contributed by atoms with Crippen LogP contribution >= 0.6 is 0 Å². The Hall–Kier alpha value is -2.36. The first-order valence-electron chi connectivity index (χ1n) is 7.84. The highest BCUT2D eigenvalue weighted by Crippen LogP contribution is 2.21. The summed E-state index contributed by atoms with van der Waals surface area (Å²) in [5.74, 6) is -0.452. The molecular formula is C19H26FNO2. The Balaban J connectivity index is 0.00000112. The van der Waals surface area contributed by atoms with E-state index in [2.05, 4.69) is 0 Å². The van der Waals surface area contributed by atoms with E-state index in [1.54, 1.807) is 30.3 Å². The minimum absolute atomic E-state index is 0.182. The average Bonchev–Trinajstić information content (AvgIpc) is 2.56. The van der Waals surface area contributed by atoms with Crippen molar-refractivity contribution in [2.24, 2.45) is 5.73 Å². The SMILES string of the molecule is CC.CC.Cc1ccc(C(N)=O)c(OCc2cccc(F)c2)c1. The Labute approximate surface area is 138 Å². The second-order valence-electron chi connectivity index (χ2n) is 4.28. The van der Waals surface area contributed by atoms with Gasteiger partial charge in [-0.25, -0.2) is 4.39 Å². The number of amides is 1. The Morgan fingerprint density at radius 1 is 1.09 bits per heavy atom. The topological polar surface area (TPSA) is 52.3 Å². The van der Waals surface area contributed by atoms with Crippen LogP contribution in [0.1, 0.15) is 49.2 Å². The molecule has 0 heterocycles. The van der Waals surface area contributed by atoms with Crippen LogP contribution in [-0.2, 0) is 6.61 Å². The summed E-state index contributed by atoms with van der Waals surface area (Å²) in [6, 6.07) is 11.3. The fourth-order valence-corrected chi connectivity index (χ4v) is 1.74. The molecule has 3 nitrogen and oxygen atoms in total. The molecule has 0 atom stereocenters. The van der Waals surface area contributed by atoms with Crippen molar-refractivity contribution in [3.63, 3.8) is 0 Å². The third kappa shape index (κ3) is 6.96. The number of carbonyl (C=O) groups excluding carboxylic acids is 1. The van der Waals surface area contributed by atoms with E-state index in [-0.39, 0.29) is 12.4 Å². The summed E-state index contributed by atoms with van der Waals surface area (Å²) in [6.45, 7) is 10.1. The van der Waals surface area contributed by atoms with Crippen molar-refractivity contribution < 1.29 is 13.9 Å². The molecule has 0 spiro atoms. The summed E-state index contributed by atoms with van der Waals surface area (Å²) in [5, 5.41) is 0. The van der Waals surface area contributed by atoms with Crippen molar-refractivity contribution >= 4 is 5.91 Å². The largest absolute Gasteiger partial charge is 0.488 e. The number of carbonyl (C=O) groups is 1. The molecule has 0 aliphatic rings. The number of hydrogen-bond acceptors (Lipinski definition) is 2. The fraction of sp³-hybridized carbons (Fsp3) is 0.316. The molecule has 2 rings (SSSR count). The van der Waals surface area contributed by atoms with Gasteiger partial charge in [0, 0.05) is 0 Å². The number of aryl methyl sites for hydroxylation is 1. The van der Waals surface area contributed by atoms with Crippen LogP contribution in [0.5, 0.6) is 5.75 Å².